The molecule has 0 aromatic heterocycles. The first kappa shape index (κ1) is 10.5. The summed E-state index contributed by atoms with van der Waals surface area (Å²) in [7, 11) is 1.48. The number of nitrogens with zero attached hydrogens (tertiary/aromatic N) is 1. The largest absolute Gasteiger partial charge is 0.496 e. The summed E-state index contributed by atoms with van der Waals surface area (Å²) in [6, 6.07) is 4.89. The van der Waals surface area contributed by atoms with Gasteiger partial charge in [0.05, 0.1) is 12.0 Å². The van der Waals surface area contributed by atoms with Crippen LogP contribution in [-0.2, 0) is 0 Å². The fourth-order valence-electron chi connectivity index (χ4n) is 0.964. The molecule has 0 bridgehead atoms. The third-order valence-electron chi connectivity index (χ3n) is 1.57. The molecule has 0 unspecified atom stereocenters. The molecule has 1 aromatic carbocycles. The molecular formula is C9H8ClNO3. The Morgan fingerprint density at radius 2 is 2.29 bits per heavy atom. The van der Waals surface area contributed by atoms with E-state index in [2.05, 4.69) is 0 Å². The van der Waals surface area contributed by atoms with Gasteiger partial charge in [-0.1, -0.05) is 11.6 Å². The van der Waals surface area contributed by atoms with Gasteiger partial charge in [-0.3, -0.25) is 10.1 Å². The van der Waals surface area contributed by atoms with Crippen LogP contribution in [0.15, 0.2) is 24.4 Å². The predicted molar refractivity (Wildman–Crippen MR) is 54.0 cm³/mol. The van der Waals surface area contributed by atoms with Gasteiger partial charge < -0.3 is 4.74 Å². The van der Waals surface area contributed by atoms with Gasteiger partial charge in [0.2, 0.25) is 6.20 Å². The van der Waals surface area contributed by atoms with E-state index in [1.165, 1.54) is 13.2 Å². The molecule has 1 rings (SSSR count). The zero-order valence-electron chi connectivity index (χ0n) is 7.44. The van der Waals surface area contributed by atoms with E-state index in [1.807, 2.05) is 0 Å². The fraction of sp³-hybridized carbons (Fsp3) is 0.111. The van der Waals surface area contributed by atoms with E-state index < -0.39 is 4.92 Å². The van der Waals surface area contributed by atoms with Gasteiger partial charge >= 0.3 is 0 Å². The van der Waals surface area contributed by atoms with Gasteiger partial charge in [0.1, 0.15) is 5.75 Å². The summed E-state index contributed by atoms with van der Waals surface area (Å²) >= 11 is 5.72. The molecule has 0 heterocycles. The normalized spacial score (nSPS) is 10.4. The van der Waals surface area contributed by atoms with E-state index in [0.717, 1.165) is 6.20 Å². The number of methoxy groups -OCH3 is 1. The van der Waals surface area contributed by atoms with Crippen LogP contribution in [0.25, 0.3) is 6.08 Å². The second-order valence-electron chi connectivity index (χ2n) is 2.49. The summed E-state index contributed by atoms with van der Waals surface area (Å²) in [6.07, 6.45) is 2.21. The van der Waals surface area contributed by atoms with Crippen molar-refractivity contribution < 1.29 is 9.66 Å². The Labute approximate surface area is 85.9 Å². The minimum absolute atomic E-state index is 0.510. The van der Waals surface area contributed by atoms with Gasteiger partial charge in [-0.2, -0.15) is 0 Å². The van der Waals surface area contributed by atoms with E-state index >= 15 is 0 Å². The SMILES string of the molecule is COc1cc(Cl)ccc1C=C[N+](=O)[O-]. The lowest BCUT2D eigenvalue weighted by Gasteiger charge is -2.03. The lowest BCUT2D eigenvalue weighted by Crippen LogP contribution is -1.88. The average Bonchev–Trinajstić information content (AvgIpc) is 2.15. The molecule has 4 nitrogen and oxygen atoms in total. The number of ether oxygens (including phenoxy) is 1. The van der Waals surface area contributed by atoms with E-state index in [0.29, 0.717) is 16.3 Å². The quantitative estimate of drug-likeness (QED) is 0.573. The molecule has 5 heteroatoms. The number of rotatable bonds is 3. The van der Waals surface area contributed by atoms with E-state index in [9.17, 15) is 10.1 Å². The second-order valence-corrected chi connectivity index (χ2v) is 2.92. The third-order valence-corrected chi connectivity index (χ3v) is 1.81. The molecule has 0 fully saturated rings. The van der Waals surface area contributed by atoms with Crippen molar-refractivity contribution in [3.05, 3.63) is 45.1 Å². The summed E-state index contributed by atoms with van der Waals surface area (Å²) in [5.41, 5.74) is 0.619. The molecule has 0 saturated heterocycles. The molecule has 0 N–H and O–H groups in total. The molecule has 14 heavy (non-hydrogen) atoms. The highest BCUT2D eigenvalue weighted by molar-refractivity contribution is 6.30. The van der Waals surface area contributed by atoms with Gasteiger partial charge in [0.25, 0.3) is 0 Å². The van der Waals surface area contributed by atoms with Crippen molar-refractivity contribution in [2.45, 2.75) is 0 Å². The van der Waals surface area contributed by atoms with Gasteiger partial charge in [-0.25, -0.2) is 0 Å². The molecule has 0 radical (unpaired) electrons. The number of hydrogen-bond donors (Lipinski definition) is 0. The van der Waals surface area contributed by atoms with Gasteiger partial charge in [0, 0.05) is 16.7 Å². The van der Waals surface area contributed by atoms with E-state index in [4.69, 9.17) is 16.3 Å². The maximum atomic E-state index is 10.1. The van der Waals surface area contributed by atoms with Gasteiger partial charge in [0.15, 0.2) is 0 Å². The van der Waals surface area contributed by atoms with Gasteiger partial charge in [-0.05, 0) is 18.2 Å². The number of halogens is 1. The summed E-state index contributed by atoms with van der Waals surface area (Å²) < 4.78 is 5.00. The molecule has 0 saturated carbocycles. The van der Waals surface area contributed by atoms with Crippen LogP contribution >= 0.6 is 11.6 Å². The Bertz CT molecular complexity index is 376. The standard InChI is InChI=1S/C9H8ClNO3/c1-14-9-6-8(10)3-2-7(9)4-5-11(12)13/h2-6H,1H3. The Balaban J connectivity index is 3.02. The predicted octanol–water partition coefficient (Wildman–Crippen LogP) is 2.60. The zero-order valence-corrected chi connectivity index (χ0v) is 8.19. The Kier molecular flexibility index (Phi) is 3.48. The van der Waals surface area contributed by atoms with E-state index in [1.54, 1.807) is 18.2 Å². The smallest absolute Gasteiger partial charge is 0.235 e. The Morgan fingerprint density at radius 3 is 2.86 bits per heavy atom. The summed E-state index contributed by atoms with van der Waals surface area (Å²) in [6.45, 7) is 0. The molecule has 1 aromatic rings. The van der Waals surface area contributed by atoms with Crippen LogP contribution < -0.4 is 4.74 Å². The van der Waals surface area contributed by atoms with Crippen LogP contribution in [0.2, 0.25) is 5.02 Å². The Hall–Kier alpha value is -1.55. The van der Waals surface area contributed by atoms with Crippen LogP contribution in [0.5, 0.6) is 5.75 Å². The van der Waals surface area contributed by atoms with Crippen LogP contribution in [0.4, 0.5) is 0 Å². The lowest BCUT2D eigenvalue weighted by molar-refractivity contribution is -0.400. The summed E-state index contributed by atoms with van der Waals surface area (Å²) in [5, 5.41) is 10.6. The first-order chi connectivity index (χ1) is 6.63. The number of hydrogen-bond acceptors (Lipinski definition) is 3. The summed E-state index contributed by atoms with van der Waals surface area (Å²) in [5.74, 6) is 0.510. The van der Waals surface area contributed by atoms with Crippen molar-refractivity contribution >= 4 is 17.7 Å². The highest BCUT2D eigenvalue weighted by atomic mass is 35.5. The Morgan fingerprint density at radius 1 is 1.57 bits per heavy atom. The van der Waals surface area contributed by atoms with Crippen LogP contribution in [-0.4, -0.2) is 12.0 Å². The minimum Gasteiger partial charge on any atom is -0.496 e. The second kappa shape index (κ2) is 4.62. The molecule has 0 amide bonds. The van der Waals surface area contributed by atoms with Crippen LogP contribution in [0.1, 0.15) is 5.56 Å². The van der Waals surface area contributed by atoms with Crippen molar-refractivity contribution in [2.24, 2.45) is 0 Å². The molecule has 0 spiro atoms. The van der Waals surface area contributed by atoms with Crippen molar-refractivity contribution in [2.75, 3.05) is 7.11 Å². The first-order valence-corrected chi connectivity index (χ1v) is 4.16. The number of benzene rings is 1. The molecule has 0 aliphatic heterocycles. The van der Waals surface area contributed by atoms with Gasteiger partial charge in [-0.15, -0.1) is 0 Å². The minimum atomic E-state index is -0.534. The third kappa shape index (κ3) is 2.74. The maximum Gasteiger partial charge on any atom is 0.235 e. The topological polar surface area (TPSA) is 52.4 Å². The molecule has 0 aliphatic carbocycles. The van der Waals surface area contributed by atoms with Crippen LogP contribution in [0.3, 0.4) is 0 Å². The van der Waals surface area contributed by atoms with Crippen LogP contribution in [0, 0.1) is 10.1 Å². The molecule has 0 aliphatic rings. The fourth-order valence-corrected chi connectivity index (χ4v) is 1.13. The summed E-state index contributed by atoms with van der Waals surface area (Å²) in [4.78, 5) is 9.56. The molecular weight excluding hydrogens is 206 g/mol. The van der Waals surface area contributed by atoms with Crippen molar-refractivity contribution in [3.63, 3.8) is 0 Å². The maximum absolute atomic E-state index is 10.1. The molecule has 74 valence electrons. The van der Waals surface area contributed by atoms with Crippen molar-refractivity contribution in [3.8, 4) is 5.75 Å². The van der Waals surface area contributed by atoms with Crippen molar-refractivity contribution in [1.29, 1.82) is 0 Å². The van der Waals surface area contributed by atoms with Crippen molar-refractivity contribution in [1.82, 2.24) is 0 Å². The monoisotopic (exact) mass is 213 g/mol. The zero-order chi connectivity index (χ0) is 10.6. The number of nitro groups is 1. The highest BCUT2D eigenvalue weighted by Gasteiger charge is 2.01. The highest BCUT2D eigenvalue weighted by Crippen LogP contribution is 2.23. The lowest BCUT2D eigenvalue weighted by atomic mass is 10.2. The van der Waals surface area contributed by atoms with E-state index in [-0.39, 0.29) is 0 Å². The molecule has 0 atom stereocenters. The average molecular weight is 214 g/mol. The first-order valence-electron chi connectivity index (χ1n) is 3.78.